The van der Waals surface area contributed by atoms with Gasteiger partial charge in [-0.1, -0.05) is 15.9 Å². The molecule has 116 valence electrons. The first-order valence-electron chi connectivity index (χ1n) is 6.84. The highest BCUT2D eigenvalue weighted by atomic mass is 79.9. The van der Waals surface area contributed by atoms with E-state index in [1.54, 1.807) is 11.0 Å². The summed E-state index contributed by atoms with van der Waals surface area (Å²) < 4.78 is 19.0. The molecule has 0 saturated heterocycles. The molecule has 2 heterocycles. The molecule has 0 bridgehead atoms. The van der Waals surface area contributed by atoms with Gasteiger partial charge in [0.25, 0.3) is 0 Å². The number of halogens is 1. The van der Waals surface area contributed by atoms with Crippen LogP contribution in [0.2, 0.25) is 0 Å². The molecular weight excluding hydrogens is 364 g/mol. The van der Waals surface area contributed by atoms with E-state index in [0.29, 0.717) is 6.61 Å². The average Bonchev–Trinajstić information content (AvgIpc) is 3.24. The summed E-state index contributed by atoms with van der Waals surface area (Å²) in [5.74, 6) is 2.23. The molecule has 0 amide bonds. The van der Waals surface area contributed by atoms with E-state index in [0.717, 1.165) is 33.0 Å². The summed E-state index contributed by atoms with van der Waals surface area (Å²) in [6.07, 6.45) is 1.54. The minimum absolute atomic E-state index is 0.255. The molecule has 0 radical (unpaired) electrons. The fraction of sp³-hybridized carbons (Fsp3) is 0.133. The molecular formula is C15H11BrN4O3. The summed E-state index contributed by atoms with van der Waals surface area (Å²) in [5.41, 5.74) is 1.85. The number of tetrazole rings is 1. The maximum atomic E-state index is 5.82. The number of rotatable bonds is 4. The van der Waals surface area contributed by atoms with Crippen molar-refractivity contribution in [2.24, 2.45) is 0 Å². The predicted molar refractivity (Wildman–Crippen MR) is 83.8 cm³/mol. The fourth-order valence-corrected chi connectivity index (χ4v) is 2.64. The first kappa shape index (κ1) is 14.0. The standard InChI is InChI=1S/C15H11BrN4O3/c16-13-6-15-14(22-9-23-15)5-10(13)7-21-12-3-1-11(2-4-12)20-8-17-18-19-20/h1-6,8H,7,9H2. The molecule has 0 saturated carbocycles. The number of nitrogens with zero attached hydrogens (tertiary/aromatic N) is 4. The third-order valence-electron chi connectivity index (χ3n) is 3.39. The Labute approximate surface area is 139 Å². The van der Waals surface area contributed by atoms with Crippen molar-refractivity contribution in [3.8, 4) is 22.9 Å². The molecule has 1 aliphatic rings. The minimum Gasteiger partial charge on any atom is -0.489 e. The highest BCUT2D eigenvalue weighted by Crippen LogP contribution is 2.37. The van der Waals surface area contributed by atoms with Crippen molar-refractivity contribution in [2.75, 3.05) is 6.79 Å². The Kier molecular flexibility index (Phi) is 3.58. The van der Waals surface area contributed by atoms with Crippen LogP contribution in [0.15, 0.2) is 47.2 Å². The number of hydrogen-bond donors (Lipinski definition) is 0. The lowest BCUT2D eigenvalue weighted by molar-refractivity contribution is 0.174. The maximum Gasteiger partial charge on any atom is 0.231 e. The molecule has 0 unspecified atom stereocenters. The van der Waals surface area contributed by atoms with Crippen LogP contribution in [0.1, 0.15) is 5.56 Å². The topological polar surface area (TPSA) is 71.3 Å². The number of aromatic nitrogens is 4. The van der Waals surface area contributed by atoms with E-state index in [1.807, 2.05) is 36.4 Å². The highest BCUT2D eigenvalue weighted by molar-refractivity contribution is 9.10. The lowest BCUT2D eigenvalue weighted by atomic mass is 10.2. The van der Waals surface area contributed by atoms with Crippen LogP contribution in [0.3, 0.4) is 0 Å². The molecule has 0 atom stereocenters. The van der Waals surface area contributed by atoms with Gasteiger partial charge in [-0.05, 0) is 46.8 Å². The average molecular weight is 375 g/mol. The van der Waals surface area contributed by atoms with E-state index in [4.69, 9.17) is 14.2 Å². The van der Waals surface area contributed by atoms with Gasteiger partial charge in [0.1, 0.15) is 18.7 Å². The second-order valence-corrected chi connectivity index (χ2v) is 5.69. The number of ether oxygens (including phenoxy) is 3. The second kappa shape index (κ2) is 5.88. The summed E-state index contributed by atoms with van der Waals surface area (Å²) >= 11 is 3.52. The van der Waals surface area contributed by atoms with E-state index in [-0.39, 0.29) is 6.79 Å². The van der Waals surface area contributed by atoms with Crippen molar-refractivity contribution < 1.29 is 14.2 Å². The first-order chi connectivity index (χ1) is 11.3. The molecule has 0 spiro atoms. The van der Waals surface area contributed by atoms with Gasteiger partial charge in [0.05, 0.1) is 5.69 Å². The van der Waals surface area contributed by atoms with Crippen LogP contribution in [0.25, 0.3) is 5.69 Å². The first-order valence-corrected chi connectivity index (χ1v) is 7.63. The molecule has 7 nitrogen and oxygen atoms in total. The zero-order valence-electron chi connectivity index (χ0n) is 11.8. The Morgan fingerprint density at radius 1 is 1.13 bits per heavy atom. The molecule has 0 aliphatic carbocycles. The minimum atomic E-state index is 0.255. The quantitative estimate of drug-likeness (QED) is 0.699. The van der Waals surface area contributed by atoms with E-state index >= 15 is 0 Å². The van der Waals surface area contributed by atoms with Crippen LogP contribution < -0.4 is 14.2 Å². The van der Waals surface area contributed by atoms with E-state index in [9.17, 15) is 0 Å². The Morgan fingerprint density at radius 3 is 2.65 bits per heavy atom. The summed E-state index contributed by atoms with van der Waals surface area (Å²) in [5, 5.41) is 11.1. The maximum absolute atomic E-state index is 5.82. The zero-order chi connectivity index (χ0) is 15.6. The molecule has 8 heteroatoms. The monoisotopic (exact) mass is 374 g/mol. The lowest BCUT2D eigenvalue weighted by Crippen LogP contribution is -1.98. The molecule has 0 N–H and O–H groups in total. The van der Waals surface area contributed by atoms with Crippen LogP contribution in [0.4, 0.5) is 0 Å². The summed E-state index contributed by atoms with van der Waals surface area (Å²) in [7, 11) is 0. The predicted octanol–water partition coefficient (Wildman–Crippen LogP) is 2.73. The summed E-state index contributed by atoms with van der Waals surface area (Å²) in [6.45, 7) is 0.673. The van der Waals surface area contributed by atoms with Gasteiger partial charge in [-0.25, -0.2) is 4.68 Å². The van der Waals surface area contributed by atoms with Crippen molar-refractivity contribution in [2.45, 2.75) is 6.61 Å². The zero-order valence-corrected chi connectivity index (χ0v) is 13.4. The molecule has 3 aromatic rings. The van der Waals surface area contributed by atoms with Crippen molar-refractivity contribution in [3.63, 3.8) is 0 Å². The Balaban J connectivity index is 1.47. The van der Waals surface area contributed by atoms with Crippen LogP contribution in [-0.2, 0) is 6.61 Å². The normalized spacial score (nSPS) is 12.4. The number of hydrogen-bond acceptors (Lipinski definition) is 6. The SMILES string of the molecule is Brc1cc2c(cc1COc1ccc(-n3cnnn3)cc1)OCO2. The van der Waals surface area contributed by atoms with Gasteiger partial charge >= 0.3 is 0 Å². The molecule has 0 fully saturated rings. The van der Waals surface area contributed by atoms with Gasteiger partial charge in [-0.3, -0.25) is 0 Å². The van der Waals surface area contributed by atoms with Gasteiger partial charge in [0, 0.05) is 10.0 Å². The van der Waals surface area contributed by atoms with Crippen LogP contribution in [-0.4, -0.2) is 27.0 Å². The van der Waals surface area contributed by atoms with Crippen molar-refractivity contribution in [3.05, 3.63) is 52.8 Å². The Bertz CT molecular complexity index is 821. The van der Waals surface area contributed by atoms with Gasteiger partial charge < -0.3 is 14.2 Å². The lowest BCUT2D eigenvalue weighted by Gasteiger charge is -2.09. The van der Waals surface area contributed by atoms with E-state index in [2.05, 4.69) is 31.5 Å². The van der Waals surface area contributed by atoms with E-state index in [1.165, 1.54) is 0 Å². The summed E-state index contributed by atoms with van der Waals surface area (Å²) in [4.78, 5) is 0. The summed E-state index contributed by atoms with van der Waals surface area (Å²) in [6, 6.07) is 11.3. The smallest absolute Gasteiger partial charge is 0.231 e. The molecule has 1 aromatic heterocycles. The van der Waals surface area contributed by atoms with Crippen molar-refractivity contribution in [1.29, 1.82) is 0 Å². The second-order valence-electron chi connectivity index (χ2n) is 4.83. The number of fused-ring (bicyclic) bond motifs is 1. The molecule has 2 aromatic carbocycles. The van der Waals surface area contributed by atoms with Gasteiger partial charge in [0.15, 0.2) is 11.5 Å². The molecule has 4 rings (SSSR count). The van der Waals surface area contributed by atoms with Crippen LogP contribution >= 0.6 is 15.9 Å². The van der Waals surface area contributed by atoms with E-state index < -0.39 is 0 Å². The van der Waals surface area contributed by atoms with Gasteiger partial charge in [-0.2, -0.15) is 0 Å². The highest BCUT2D eigenvalue weighted by Gasteiger charge is 2.16. The largest absolute Gasteiger partial charge is 0.489 e. The van der Waals surface area contributed by atoms with Crippen LogP contribution in [0.5, 0.6) is 17.2 Å². The number of benzene rings is 2. The third kappa shape index (κ3) is 2.85. The van der Waals surface area contributed by atoms with Gasteiger partial charge in [0.2, 0.25) is 6.79 Å². The fourth-order valence-electron chi connectivity index (χ4n) is 2.21. The third-order valence-corrected chi connectivity index (χ3v) is 4.12. The molecule has 23 heavy (non-hydrogen) atoms. The van der Waals surface area contributed by atoms with Crippen molar-refractivity contribution in [1.82, 2.24) is 20.2 Å². The Morgan fingerprint density at radius 2 is 1.91 bits per heavy atom. The van der Waals surface area contributed by atoms with Crippen LogP contribution in [0, 0.1) is 0 Å². The Hall–Kier alpha value is -2.61. The molecule has 1 aliphatic heterocycles. The van der Waals surface area contributed by atoms with Crippen molar-refractivity contribution >= 4 is 15.9 Å². The van der Waals surface area contributed by atoms with Gasteiger partial charge in [-0.15, -0.1) is 5.10 Å².